The highest BCUT2D eigenvalue weighted by molar-refractivity contribution is 9.10. The van der Waals surface area contributed by atoms with E-state index in [1.165, 1.54) is 0 Å². The third-order valence-electron chi connectivity index (χ3n) is 5.30. The topological polar surface area (TPSA) is 50.2 Å². The van der Waals surface area contributed by atoms with Crippen LogP contribution in [-0.4, -0.2) is 40.1 Å². The highest BCUT2D eigenvalue weighted by Crippen LogP contribution is 2.27. The van der Waals surface area contributed by atoms with Crippen LogP contribution in [0, 0.1) is 0 Å². The molecular formula is C20H29BrN4O. The Labute approximate surface area is 163 Å². The maximum atomic E-state index is 13.1. The molecule has 1 unspecified atom stereocenters. The van der Waals surface area contributed by atoms with Gasteiger partial charge in [0.05, 0.1) is 16.9 Å². The van der Waals surface area contributed by atoms with Gasteiger partial charge in [-0.1, -0.05) is 29.3 Å². The maximum absolute atomic E-state index is 13.1. The Morgan fingerprint density at radius 2 is 2.15 bits per heavy atom. The fourth-order valence-corrected chi connectivity index (χ4v) is 4.22. The molecule has 2 heterocycles. The van der Waals surface area contributed by atoms with Crippen LogP contribution < -0.4 is 10.9 Å². The number of hydrogen-bond donors (Lipinski definition) is 1. The van der Waals surface area contributed by atoms with Crippen molar-refractivity contribution in [3.05, 3.63) is 38.9 Å². The molecule has 142 valence electrons. The Kier molecular flexibility index (Phi) is 6.48. The van der Waals surface area contributed by atoms with Gasteiger partial charge in [0.15, 0.2) is 0 Å². The smallest absolute Gasteiger partial charge is 0.261 e. The highest BCUT2D eigenvalue weighted by atomic mass is 79.9. The molecule has 0 bridgehead atoms. The second-order valence-corrected chi connectivity index (χ2v) is 8.08. The molecule has 26 heavy (non-hydrogen) atoms. The predicted octanol–water partition coefficient (Wildman–Crippen LogP) is 3.70. The number of nitrogens with one attached hydrogen (secondary N) is 1. The minimum absolute atomic E-state index is 0.0659. The van der Waals surface area contributed by atoms with Crippen molar-refractivity contribution in [1.82, 2.24) is 19.8 Å². The molecule has 0 amide bonds. The van der Waals surface area contributed by atoms with Gasteiger partial charge >= 0.3 is 0 Å². The molecule has 1 aromatic carbocycles. The van der Waals surface area contributed by atoms with Gasteiger partial charge in [-0.25, -0.2) is 4.98 Å². The number of aromatic nitrogens is 2. The lowest BCUT2D eigenvalue weighted by molar-refractivity contribution is 0.184. The number of rotatable bonds is 5. The predicted molar refractivity (Wildman–Crippen MR) is 111 cm³/mol. The van der Waals surface area contributed by atoms with Crippen molar-refractivity contribution < 1.29 is 0 Å². The van der Waals surface area contributed by atoms with Crippen LogP contribution in [0.4, 0.5) is 0 Å². The molecular weight excluding hydrogens is 392 g/mol. The quantitative estimate of drug-likeness (QED) is 0.800. The molecule has 2 aromatic rings. The first-order chi connectivity index (χ1) is 12.5. The Bertz CT molecular complexity index is 819. The van der Waals surface area contributed by atoms with Crippen LogP contribution in [0.2, 0.25) is 0 Å². The lowest BCUT2D eigenvalue weighted by Crippen LogP contribution is -2.37. The van der Waals surface area contributed by atoms with Crippen LogP contribution in [-0.2, 0) is 6.54 Å². The summed E-state index contributed by atoms with van der Waals surface area (Å²) in [6.45, 7) is 10.1. The molecule has 1 fully saturated rings. The summed E-state index contributed by atoms with van der Waals surface area (Å²) in [6.07, 6.45) is 3.21. The molecule has 5 nitrogen and oxygen atoms in total. The van der Waals surface area contributed by atoms with Crippen molar-refractivity contribution >= 4 is 26.8 Å². The van der Waals surface area contributed by atoms with Crippen molar-refractivity contribution in [3.8, 4) is 0 Å². The lowest BCUT2D eigenvalue weighted by Gasteiger charge is -2.31. The van der Waals surface area contributed by atoms with Gasteiger partial charge in [-0.05, 0) is 44.9 Å². The zero-order valence-corrected chi connectivity index (χ0v) is 17.6. The van der Waals surface area contributed by atoms with Gasteiger partial charge in [-0.2, -0.15) is 0 Å². The summed E-state index contributed by atoms with van der Waals surface area (Å²) in [5.74, 6) is 0.920. The molecule has 1 aliphatic rings. The molecule has 0 aliphatic carbocycles. The minimum atomic E-state index is 0.0659. The first kappa shape index (κ1) is 19.5. The number of halogens is 1. The summed E-state index contributed by atoms with van der Waals surface area (Å²) in [6, 6.07) is 6.51. The number of fused-ring (bicyclic) bond motifs is 1. The third-order valence-corrected chi connectivity index (χ3v) is 5.80. The van der Waals surface area contributed by atoms with E-state index in [4.69, 9.17) is 4.98 Å². The van der Waals surface area contributed by atoms with E-state index in [-0.39, 0.29) is 11.6 Å². The molecule has 2 atom stereocenters. The van der Waals surface area contributed by atoms with Crippen molar-refractivity contribution in [2.45, 2.75) is 58.7 Å². The Hall–Kier alpha value is -1.24. The van der Waals surface area contributed by atoms with Crippen LogP contribution >= 0.6 is 15.9 Å². The molecule has 3 rings (SSSR count). The highest BCUT2D eigenvalue weighted by Gasteiger charge is 2.26. The van der Waals surface area contributed by atoms with E-state index in [0.29, 0.717) is 18.0 Å². The Morgan fingerprint density at radius 1 is 1.35 bits per heavy atom. The van der Waals surface area contributed by atoms with E-state index in [1.807, 2.05) is 29.7 Å². The van der Waals surface area contributed by atoms with Crippen molar-refractivity contribution in [3.63, 3.8) is 0 Å². The first-order valence-corrected chi connectivity index (χ1v) is 10.5. The van der Waals surface area contributed by atoms with Crippen molar-refractivity contribution in [2.75, 3.05) is 19.6 Å². The normalized spacial score (nSPS) is 20.2. The molecule has 0 spiro atoms. The van der Waals surface area contributed by atoms with Crippen molar-refractivity contribution in [1.29, 1.82) is 0 Å². The van der Waals surface area contributed by atoms with E-state index < -0.39 is 0 Å². The molecule has 1 aliphatic heterocycles. The molecule has 0 saturated carbocycles. The summed E-state index contributed by atoms with van der Waals surface area (Å²) in [7, 11) is 0. The van der Waals surface area contributed by atoms with Gasteiger partial charge in [0.2, 0.25) is 0 Å². The zero-order chi connectivity index (χ0) is 18.7. The number of hydrogen-bond acceptors (Lipinski definition) is 4. The van der Waals surface area contributed by atoms with E-state index in [1.54, 1.807) is 0 Å². The SMILES string of the molecule is CCC[C@H](c1nc2ccc(Br)cc2c(=O)n1CC)N1CCNC(C)CC1. The van der Waals surface area contributed by atoms with E-state index in [2.05, 4.69) is 40.0 Å². The fraction of sp³-hybridized carbons (Fsp3) is 0.600. The molecule has 6 heteroatoms. The average molecular weight is 421 g/mol. The lowest BCUT2D eigenvalue weighted by atomic mass is 10.1. The van der Waals surface area contributed by atoms with Crippen LogP contribution in [0.1, 0.15) is 51.9 Å². The number of nitrogens with zero attached hydrogens (tertiary/aromatic N) is 3. The van der Waals surface area contributed by atoms with Gasteiger partial charge < -0.3 is 5.32 Å². The minimum Gasteiger partial charge on any atom is -0.313 e. The standard InChI is InChI=1S/C20H29BrN4O/c1-4-6-18(24-11-9-14(3)22-10-12-24)19-23-17-8-7-15(21)13-16(17)20(26)25(19)5-2/h7-8,13-14,18,22H,4-6,9-12H2,1-3H3/t14?,18-/m1/s1. The van der Waals surface area contributed by atoms with Crippen LogP contribution in [0.25, 0.3) is 10.9 Å². The van der Waals surface area contributed by atoms with Gasteiger partial charge in [0, 0.05) is 36.7 Å². The second kappa shape index (κ2) is 8.63. The van der Waals surface area contributed by atoms with E-state index >= 15 is 0 Å². The molecule has 1 saturated heterocycles. The summed E-state index contributed by atoms with van der Waals surface area (Å²) >= 11 is 3.47. The second-order valence-electron chi connectivity index (χ2n) is 7.17. The molecule has 1 aromatic heterocycles. The largest absolute Gasteiger partial charge is 0.313 e. The molecule has 1 N–H and O–H groups in total. The summed E-state index contributed by atoms with van der Waals surface area (Å²) < 4.78 is 2.79. The summed E-state index contributed by atoms with van der Waals surface area (Å²) in [4.78, 5) is 20.6. The van der Waals surface area contributed by atoms with E-state index in [9.17, 15) is 4.79 Å². The van der Waals surface area contributed by atoms with Crippen molar-refractivity contribution in [2.24, 2.45) is 0 Å². The van der Waals surface area contributed by atoms with Crippen LogP contribution in [0.15, 0.2) is 27.5 Å². The average Bonchev–Trinajstić information content (AvgIpc) is 2.85. The monoisotopic (exact) mass is 420 g/mol. The Balaban J connectivity index is 2.09. The van der Waals surface area contributed by atoms with Gasteiger partial charge in [-0.3, -0.25) is 14.3 Å². The Morgan fingerprint density at radius 3 is 2.88 bits per heavy atom. The number of benzene rings is 1. The molecule has 0 radical (unpaired) electrons. The fourth-order valence-electron chi connectivity index (χ4n) is 3.86. The van der Waals surface area contributed by atoms with Gasteiger partial charge in [-0.15, -0.1) is 0 Å². The summed E-state index contributed by atoms with van der Waals surface area (Å²) in [5, 5.41) is 4.25. The van der Waals surface area contributed by atoms with Gasteiger partial charge in [0.25, 0.3) is 5.56 Å². The van der Waals surface area contributed by atoms with Crippen LogP contribution in [0.5, 0.6) is 0 Å². The first-order valence-electron chi connectivity index (χ1n) is 9.72. The van der Waals surface area contributed by atoms with Crippen LogP contribution in [0.3, 0.4) is 0 Å². The maximum Gasteiger partial charge on any atom is 0.261 e. The zero-order valence-electron chi connectivity index (χ0n) is 16.0. The third kappa shape index (κ3) is 4.02. The van der Waals surface area contributed by atoms with Gasteiger partial charge in [0.1, 0.15) is 5.82 Å². The summed E-state index contributed by atoms with van der Waals surface area (Å²) in [5.41, 5.74) is 0.858. The van der Waals surface area contributed by atoms with E-state index in [0.717, 1.165) is 54.7 Å².